The summed E-state index contributed by atoms with van der Waals surface area (Å²) in [4.78, 5) is 14.7. The fourth-order valence-corrected chi connectivity index (χ4v) is 2.88. The normalized spacial score (nSPS) is 16.8. The van der Waals surface area contributed by atoms with Gasteiger partial charge in [0.15, 0.2) is 0 Å². The van der Waals surface area contributed by atoms with Gasteiger partial charge in [-0.3, -0.25) is 4.90 Å². The Balaban J connectivity index is 1.73. The molecule has 0 radical (unpaired) electrons. The minimum Gasteiger partial charge on any atom is -0.490 e. The third-order valence-electron chi connectivity index (χ3n) is 4.51. The van der Waals surface area contributed by atoms with E-state index in [1.807, 2.05) is 39.0 Å². The number of aliphatic hydroxyl groups is 1. The number of quaternary nitrogens is 1. The molecule has 0 saturated carbocycles. The molecule has 0 unspecified atom stereocenters. The molecule has 1 aliphatic heterocycles. The molecule has 0 aliphatic carbocycles. The maximum atomic E-state index is 11.7. The van der Waals surface area contributed by atoms with Crippen LogP contribution in [0.4, 0.5) is 4.79 Å². The van der Waals surface area contributed by atoms with E-state index in [0.717, 1.165) is 24.4 Å². The summed E-state index contributed by atoms with van der Waals surface area (Å²) in [5.41, 5.74) is 2.29. The Morgan fingerprint density at radius 2 is 2.04 bits per heavy atom. The molecule has 1 atom stereocenters. The van der Waals surface area contributed by atoms with Crippen LogP contribution < -0.4 is 9.64 Å². The molecular weight excluding hydrogens is 308 g/mol. The summed E-state index contributed by atoms with van der Waals surface area (Å²) in [7, 11) is 0. The number of carbonyl (C=O) groups excluding carboxylic acids is 1. The van der Waals surface area contributed by atoms with E-state index in [1.54, 1.807) is 4.90 Å². The van der Waals surface area contributed by atoms with Crippen molar-refractivity contribution in [2.24, 2.45) is 0 Å². The largest absolute Gasteiger partial charge is 0.490 e. The fraction of sp³-hybridized carbons (Fsp3) is 0.611. The lowest BCUT2D eigenvalue weighted by Gasteiger charge is -2.32. The molecule has 6 nitrogen and oxygen atoms in total. The molecule has 2 N–H and O–H groups in total. The lowest BCUT2D eigenvalue weighted by molar-refractivity contribution is -0.907. The molecule has 1 aromatic rings. The first-order valence-corrected chi connectivity index (χ1v) is 8.63. The molecule has 134 valence electrons. The maximum absolute atomic E-state index is 11.7. The molecule has 24 heavy (non-hydrogen) atoms. The van der Waals surface area contributed by atoms with Gasteiger partial charge in [0.2, 0.25) is 0 Å². The Bertz CT molecular complexity index is 542. The number of rotatable bonds is 6. The first-order chi connectivity index (χ1) is 11.5. The van der Waals surface area contributed by atoms with Crippen LogP contribution in [0.1, 0.15) is 18.1 Å². The summed E-state index contributed by atoms with van der Waals surface area (Å²) >= 11 is 0. The van der Waals surface area contributed by atoms with Crippen molar-refractivity contribution in [1.29, 1.82) is 0 Å². The molecule has 1 saturated heterocycles. The molecule has 1 amide bonds. The van der Waals surface area contributed by atoms with Crippen LogP contribution in [0.5, 0.6) is 5.75 Å². The van der Waals surface area contributed by atoms with Crippen LogP contribution in [0.15, 0.2) is 18.2 Å². The number of hydrogen-bond acceptors (Lipinski definition) is 4. The van der Waals surface area contributed by atoms with Crippen LogP contribution >= 0.6 is 0 Å². The number of aryl methyl sites for hydroxylation is 1. The van der Waals surface area contributed by atoms with Gasteiger partial charge >= 0.3 is 6.09 Å². The van der Waals surface area contributed by atoms with Crippen molar-refractivity contribution in [3.05, 3.63) is 29.3 Å². The van der Waals surface area contributed by atoms with Crippen LogP contribution in [-0.4, -0.2) is 68.1 Å². The summed E-state index contributed by atoms with van der Waals surface area (Å²) in [5.74, 6) is 0.830. The van der Waals surface area contributed by atoms with Crippen molar-refractivity contribution in [2.45, 2.75) is 26.9 Å². The van der Waals surface area contributed by atoms with Crippen LogP contribution in [0.25, 0.3) is 0 Å². The number of nitrogens with one attached hydrogen (secondary N) is 1. The number of nitrogens with zero attached hydrogens (tertiary/aromatic N) is 1. The number of amides is 1. The van der Waals surface area contributed by atoms with Crippen LogP contribution in [0, 0.1) is 13.8 Å². The first kappa shape index (κ1) is 18.5. The molecule has 0 bridgehead atoms. The SMILES string of the molecule is CCOC(=O)N1CC[NH+](C[C@@H](O)COc2cccc(C)c2C)CC1. The number of hydrogen-bond donors (Lipinski definition) is 2. The van der Waals surface area contributed by atoms with Gasteiger partial charge in [0.25, 0.3) is 0 Å². The van der Waals surface area contributed by atoms with Crippen LogP contribution in [0.3, 0.4) is 0 Å². The Hall–Kier alpha value is -1.79. The predicted octanol–water partition coefficient (Wildman–Crippen LogP) is 0.400. The summed E-state index contributed by atoms with van der Waals surface area (Å²) < 4.78 is 10.8. The zero-order valence-electron chi connectivity index (χ0n) is 14.9. The van der Waals surface area contributed by atoms with Crippen molar-refractivity contribution in [3.8, 4) is 5.75 Å². The van der Waals surface area contributed by atoms with E-state index in [0.29, 0.717) is 26.2 Å². The van der Waals surface area contributed by atoms with Gasteiger partial charge in [0.05, 0.1) is 32.8 Å². The molecule has 0 aromatic heterocycles. The smallest absolute Gasteiger partial charge is 0.410 e. The predicted molar refractivity (Wildman–Crippen MR) is 91.6 cm³/mol. The molecule has 1 heterocycles. The lowest BCUT2D eigenvalue weighted by atomic mass is 10.1. The van der Waals surface area contributed by atoms with Crippen molar-refractivity contribution in [3.63, 3.8) is 0 Å². The number of piperazine rings is 1. The zero-order chi connectivity index (χ0) is 17.5. The summed E-state index contributed by atoms with van der Waals surface area (Å²) in [6, 6.07) is 5.94. The van der Waals surface area contributed by atoms with Gasteiger partial charge in [0.1, 0.15) is 25.0 Å². The molecule has 1 aliphatic rings. The quantitative estimate of drug-likeness (QED) is 0.789. The average molecular weight is 337 g/mol. The Morgan fingerprint density at radius 3 is 2.71 bits per heavy atom. The van der Waals surface area contributed by atoms with Crippen LogP contribution in [-0.2, 0) is 4.74 Å². The molecule has 1 fully saturated rings. The number of aliphatic hydroxyl groups excluding tert-OH is 1. The van der Waals surface area contributed by atoms with Gasteiger partial charge in [0, 0.05) is 0 Å². The van der Waals surface area contributed by atoms with Crippen molar-refractivity contribution >= 4 is 6.09 Å². The van der Waals surface area contributed by atoms with E-state index in [2.05, 4.69) is 0 Å². The molecule has 0 spiro atoms. The number of benzene rings is 1. The fourth-order valence-electron chi connectivity index (χ4n) is 2.88. The minimum absolute atomic E-state index is 0.240. The minimum atomic E-state index is -0.519. The summed E-state index contributed by atoms with van der Waals surface area (Å²) in [5, 5.41) is 10.2. The first-order valence-electron chi connectivity index (χ1n) is 8.63. The average Bonchev–Trinajstić information content (AvgIpc) is 2.57. The van der Waals surface area contributed by atoms with Gasteiger partial charge in [-0.05, 0) is 38.0 Å². The van der Waals surface area contributed by atoms with Crippen molar-refractivity contribution in [2.75, 3.05) is 45.9 Å². The summed E-state index contributed by atoms with van der Waals surface area (Å²) in [6.45, 7) is 10.2. The Kier molecular flexibility index (Phi) is 6.87. The van der Waals surface area contributed by atoms with E-state index >= 15 is 0 Å². The second kappa shape index (κ2) is 8.89. The second-order valence-corrected chi connectivity index (χ2v) is 6.30. The molecule has 1 aromatic carbocycles. The highest BCUT2D eigenvalue weighted by atomic mass is 16.6. The van der Waals surface area contributed by atoms with Crippen LogP contribution in [0.2, 0.25) is 0 Å². The third kappa shape index (κ3) is 5.11. The highest BCUT2D eigenvalue weighted by Gasteiger charge is 2.26. The number of ether oxygens (including phenoxy) is 2. The standard InChI is InChI=1S/C18H28N2O4/c1-4-23-18(22)20-10-8-19(9-11-20)12-16(21)13-24-17-7-5-6-14(2)15(17)3/h5-7,16,21H,4,8-13H2,1-3H3/p+1/t16-/m1/s1. The highest BCUT2D eigenvalue weighted by Crippen LogP contribution is 2.20. The van der Waals surface area contributed by atoms with E-state index < -0.39 is 6.10 Å². The van der Waals surface area contributed by atoms with Gasteiger partial charge < -0.3 is 19.5 Å². The van der Waals surface area contributed by atoms with E-state index in [1.165, 1.54) is 10.5 Å². The zero-order valence-corrected chi connectivity index (χ0v) is 14.9. The third-order valence-corrected chi connectivity index (χ3v) is 4.51. The van der Waals surface area contributed by atoms with Crippen molar-refractivity contribution in [1.82, 2.24) is 4.90 Å². The Labute approximate surface area is 144 Å². The number of carbonyl (C=O) groups is 1. The van der Waals surface area contributed by atoms with Crippen molar-refractivity contribution < 1.29 is 24.3 Å². The topological polar surface area (TPSA) is 63.4 Å². The monoisotopic (exact) mass is 337 g/mol. The lowest BCUT2D eigenvalue weighted by Crippen LogP contribution is -3.16. The van der Waals surface area contributed by atoms with E-state index in [-0.39, 0.29) is 12.7 Å². The highest BCUT2D eigenvalue weighted by molar-refractivity contribution is 5.67. The van der Waals surface area contributed by atoms with Gasteiger partial charge in [-0.25, -0.2) is 4.79 Å². The second-order valence-electron chi connectivity index (χ2n) is 6.30. The molecular formula is C18H29N2O4+. The van der Waals surface area contributed by atoms with E-state index in [9.17, 15) is 9.90 Å². The Morgan fingerprint density at radius 1 is 1.33 bits per heavy atom. The molecule has 6 heteroatoms. The summed E-state index contributed by atoms with van der Waals surface area (Å²) in [6.07, 6.45) is -0.760. The van der Waals surface area contributed by atoms with Gasteiger partial charge in [-0.2, -0.15) is 0 Å². The maximum Gasteiger partial charge on any atom is 0.410 e. The van der Waals surface area contributed by atoms with Gasteiger partial charge in [-0.15, -0.1) is 0 Å². The molecule has 2 rings (SSSR count). The van der Waals surface area contributed by atoms with E-state index in [4.69, 9.17) is 9.47 Å². The van der Waals surface area contributed by atoms with Gasteiger partial charge in [-0.1, -0.05) is 12.1 Å².